The van der Waals surface area contributed by atoms with Crippen molar-refractivity contribution in [1.29, 1.82) is 5.26 Å². The summed E-state index contributed by atoms with van der Waals surface area (Å²) in [6.45, 7) is 3.11. The SMILES string of the molecule is CC(CC#N)N(C)CCCS. The molecule has 1 atom stereocenters. The first-order valence-corrected chi connectivity index (χ1v) is 4.53. The number of nitriles is 1. The summed E-state index contributed by atoms with van der Waals surface area (Å²) in [5.41, 5.74) is 0. The molecule has 0 aliphatic heterocycles. The highest BCUT2D eigenvalue weighted by molar-refractivity contribution is 7.80. The Balaban J connectivity index is 3.48. The number of rotatable bonds is 5. The molecule has 0 aliphatic rings. The topological polar surface area (TPSA) is 27.0 Å². The lowest BCUT2D eigenvalue weighted by Crippen LogP contribution is -2.29. The van der Waals surface area contributed by atoms with E-state index in [1.165, 1.54) is 0 Å². The van der Waals surface area contributed by atoms with Crippen LogP contribution in [0.4, 0.5) is 0 Å². The van der Waals surface area contributed by atoms with Gasteiger partial charge in [0.2, 0.25) is 0 Å². The first kappa shape index (κ1) is 10.8. The zero-order valence-electron chi connectivity index (χ0n) is 7.25. The number of hydrogen-bond donors (Lipinski definition) is 1. The molecule has 0 spiro atoms. The third-order valence-corrected chi connectivity index (χ3v) is 2.12. The average Bonchev–Trinajstić information content (AvgIpc) is 2.00. The highest BCUT2D eigenvalue weighted by Gasteiger charge is 2.06. The predicted molar refractivity (Wildman–Crippen MR) is 50.8 cm³/mol. The second-order valence-corrected chi connectivity index (χ2v) is 3.22. The summed E-state index contributed by atoms with van der Waals surface area (Å²) < 4.78 is 0. The minimum Gasteiger partial charge on any atom is -0.303 e. The molecule has 0 aliphatic carbocycles. The van der Waals surface area contributed by atoms with Gasteiger partial charge in [-0.15, -0.1) is 0 Å². The summed E-state index contributed by atoms with van der Waals surface area (Å²) in [5, 5.41) is 8.42. The standard InChI is InChI=1S/C8H16N2S/c1-8(4-5-9)10(2)6-3-7-11/h8,11H,3-4,6-7H2,1-2H3. The third kappa shape index (κ3) is 5.11. The fraction of sp³-hybridized carbons (Fsp3) is 0.875. The highest BCUT2D eigenvalue weighted by Crippen LogP contribution is 2.00. The fourth-order valence-corrected chi connectivity index (χ4v) is 0.970. The van der Waals surface area contributed by atoms with Gasteiger partial charge in [0, 0.05) is 6.04 Å². The van der Waals surface area contributed by atoms with Gasteiger partial charge in [0.25, 0.3) is 0 Å². The van der Waals surface area contributed by atoms with Gasteiger partial charge in [0.15, 0.2) is 0 Å². The molecule has 0 bridgehead atoms. The minimum atomic E-state index is 0.375. The van der Waals surface area contributed by atoms with E-state index in [0.717, 1.165) is 18.7 Å². The van der Waals surface area contributed by atoms with Crippen molar-refractivity contribution in [2.24, 2.45) is 0 Å². The number of hydrogen-bond acceptors (Lipinski definition) is 3. The molecule has 0 saturated carbocycles. The molecule has 0 heterocycles. The number of thiol groups is 1. The normalized spacial score (nSPS) is 13.0. The van der Waals surface area contributed by atoms with E-state index in [9.17, 15) is 0 Å². The van der Waals surface area contributed by atoms with Crippen molar-refractivity contribution < 1.29 is 0 Å². The average molecular weight is 172 g/mol. The van der Waals surface area contributed by atoms with E-state index in [1.54, 1.807) is 0 Å². The maximum atomic E-state index is 8.42. The van der Waals surface area contributed by atoms with Crippen molar-refractivity contribution >= 4 is 12.6 Å². The first-order chi connectivity index (χ1) is 5.22. The van der Waals surface area contributed by atoms with E-state index < -0.39 is 0 Å². The third-order valence-electron chi connectivity index (χ3n) is 1.81. The smallest absolute Gasteiger partial charge is 0.0638 e. The van der Waals surface area contributed by atoms with Gasteiger partial charge >= 0.3 is 0 Å². The molecule has 0 rings (SSSR count). The molecule has 0 fully saturated rings. The van der Waals surface area contributed by atoms with Crippen LogP contribution in [0.2, 0.25) is 0 Å². The van der Waals surface area contributed by atoms with E-state index in [4.69, 9.17) is 5.26 Å². The van der Waals surface area contributed by atoms with Crippen LogP contribution in [0.25, 0.3) is 0 Å². The lowest BCUT2D eigenvalue weighted by atomic mass is 10.2. The van der Waals surface area contributed by atoms with Crippen molar-refractivity contribution in [1.82, 2.24) is 4.90 Å². The summed E-state index contributed by atoms with van der Waals surface area (Å²) in [6.07, 6.45) is 1.71. The van der Waals surface area contributed by atoms with Crippen molar-refractivity contribution in [3.8, 4) is 6.07 Å². The molecule has 0 radical (unpaired) electrons. The number of nitrogens with zero attached hydrogens (tertiary/aromatic N) is 2. The van der Waals surface area contributed by atoms with E-state index in [0.29, 0.717) is 12.5 Å². The molecule has 0 saturated heterocycles. The van der Waals surface area contributed by atoms with Gasteiger partial charge in [0.1, 0.15) is 0 Å². The maximum Gasteiger partial charge on any atom is 0.0638 e. The second-order valence-electron chi connectivity index (χ2n) is 2.77. The Morgan fingerprint density at radius 1 is 1.64 bits per heavy atom. The monoisotopic (exact) mass is 172 g/mol. The van der Waals surface area contributed by atoms with Crippen LogP contribution in [0, 0.1) is 11.3 Å². The molecule has 64 valence electrons. The van der Waals surface area contributed by atoms with Gasteiger partial charge in [-0.3, -0.25) is 0 Å². The van der Waals surface area contributed by atoms with E-state index in [1.807, 2.05) is 7.05 Å². The first-order valence-electron chi connectivity index (χ1n) is 3.90. The summed E-state index contributed by atoms with van der Waals surface area (Å²) in [7, 11) is 2.05. The Morgan fingerprint density at radius 2 is 2.27 bits per heavy atom. The Hall–Kier alpha value is -0.200. The molecule has 0 aromatic heterocycles. The molecule has 0 aromatic carbocycles. The zero-order valence-corrected chi connectivity index (χ0v) is 8.14. The molecule has 2 nitrogen and oxygen atoms in total. The predicted octanol–water partition coefficient (Wildman–Crippen LogP) is 1.54. The zero-order chi connectivity index (χ0) is 8.69. The molecule has 0 N–H and O–H groups in total. The van der Waals surface area contributed by atoms with Gasteiger partial charge < -0.3 is 4.90 Å². The van der Waals surface area contributed by atoms with Crippen LogP contribution in [0.15, 0.2) is 0 Å². The van der Waals surface area contributed by atoms with Crippen molar-refractivity contribution in [3.05, 3.63) is 0 Å². The second kappa shape index (κ2) is 6.51. The highest BCUT2D eigenvalue weighted by atomic mass is 32.1. The summed E-state index contributed by atoms with van der Waals surface area (Å²) in [6, 6.07) is 2.54. The molecular formula is C8H16N2S. The fourth-order valence-electron chi connectivity index (χ4n) is 0.828. The largest absolute Gasteiger partial charge is 0.303 e. The lowest BCUT2D eigenvalue weighted by molar-refractivity contribution is 0.262. The molecular weight excluding hydrogens is 156 g/mol. The van der Waals surface area contributed by atoms with Crippen LogP contribution in [-0.2, 0) is 0 Å². The van der Waals surface area contributed by atoms with E-state index in [-0.39, 0.29) is 0 Å². The van der Waals surface area contributed by atoms with Crippen LogP contribution < -0.4 is 0 Å². The molecule has 0 aromatic rings. The Labute approximate surface area is 74.6 Å². The Bertz CT molecular complexity index is 131. The van der Waals surface area contributed by atoms with Crippen molar-refractivity contribution in [2.75, 3.05) is 19.3 Å². The van der Waals surface area contributed by atoms with Crippen molar-refractivity contribution in [2.45, 2.75) is 25.8 Å². The van der Waals surface area contributed by atoms with Gasteiger partial charge in [-0.2, -0.15) is 17.9 Å². The molecule has 3 heteroatoms. The van der Waals surface area contributed by atoms with Crippen LogP contribution in [0.5, 0.6) is 0 Å². The summed E-state index contributed by atoms with van der Waals surface area (Å²) >= 11 is 4.12. The van der Waals surface area contributed by atoms with Crippen LogP contribution in [0.3, 0.4) is 0 Å². The Kier molecular flexibility index (Phi) is 6.39. The summed E-state index contributed by atoms with van der Waals surface area (Å²) in [4.78, 5) is 2.19. The van der Waals surface area contributed by atoms with E-state index >= 15 is 0 Å². The lowest BCUT2D eigenvalue weighted by Gasteiger charge is -2.21. The quantitative estimate of drug-likeness (QED) is 0.637. The van der Waals surface area contributed by atoms with Gasteiger partial charge in [-0.05, 0) is 32.7 Å². The summed E-state index contributed by atoms with van der Waals surface area (Å²) in [5.74, 6) is 0.920. The van der Waals surface area contributed by atoms with Crippen molar-refractivity contribution in [3.63, 3.8) is 0 Å². The molecule has 0 amide bonds. The van der Waals surface area contributed by atoms with Crippen LogP contribution in [0.1, 0.15) is 19.8 Å². The molecule has 11 heavy (non-hydrogen) atoms. The molecule has 1 unspecified atom stereocenters. The minimum absolute atomic E-state index is 0.375. The van der Waals surface area contributed by atoms with Gasteiger partial charge in [-0.1, -0.05) is 0 Å². The van der Waals surface area contributed by atoms with Crippen LogP contribution >= 0.6 is 12.6 Å². The van der Waals surface area contributed by atoms with Gasteiger partial charge in [0.05, 0.1) is 12.5 Å². The van der Waals surface area contributed by atoms with Gasteiger partial charge in [-0.25, -0.2) is 0 Å². The van der Waals surface area contributed by atoms with Crippen LogP contribution in [-0.4, -0.2) is 30.3 Å². The maximum absolute atomic E-state index is 8.42. The van der Waals surface area contributed by atoms with E-state index in [2.05, 4.69) is 30.5 Å². The Morgan fingerprint density at radius 3 is 2.73 bits per heavy atom.